The van der Waals surface area contributed by atoms with Crippen molar-refractivity contribution in [2.24, 2.45) is 0 Å². The zero-order chi connectivity index (χ0) is 12.0. The molecule has 0 saturated carbocycles. The van der Waals surface area contributed by atoms with Crippen molar-refractivity contribution in [3.05, 3.63) is 34.9 Å². The van der Waals surface area contributed by atoms with E-state index in [-0.39, 0.29) is 12.6 Å². The molecule has 0 aromatic heterocycles. The van der Waals surface area contributed by atoms with E-state index in [4.69, 9.17) is 16.3 Å². The van der Waals surface area contributed by atoms with Gasteiger partial charge in [-0.3, -0.25) is 4.79 Å². The molecule has 0 spiro atoms. The molecule has 16 heavy (non-hydrogen) atoms. The molecule has 1 aromatic rings. The Labute approximate surface area is 108 Å². The van der Waals surface area contributed by atoms with E-state index in [1.54, 1.807) is 6.07 Å². The van der Waals surface area contributed by atoms with Gasteiger partial charge in [-0.05, 0) is 11.6 Å². The summed E-state index contributed by atoms with van der Waals surface area (Å²) in [5.41, 5.74) is 0.897. The summed E-state index contributed by atoms with van der Waals surface area (Å²) in [6.07, 6.45) is 0. The lowest BCUT2D eigenvalue weighted by Gasteiger charge is -2.09. The Morgan fingerprint density at radius 3 is 2.81 bits per heavy atom. The summed E-state index contributed by atoms with van der Waals surface area (Å²) in [6, 6.07) is 7.42. The van der Waals surface area contributed by atoms with Gasteiger partial charge in [-0.25, -0.2) is 0 Å². The van der Waals surface area contributed by atoms with Gasteiger partial charge in [-0.2, -0.15) is 0 Å². The van der Waals surface area contributed by atoms with E-state index < -0.39 is 4.83 Å². The minimum absolute atomic E-state index is 0.248. The Kier molecular flexibility index (Phi) is 5.80. The van der Waals surface area contributed by atoms with Gasteiger partial charge in [0.1, 0.15) is 4.83 Å². The molecule has 1 aromatic carbocycles. The summed E-state index contributed by atoms with van der Waals surface area (Å²) in [5.74, 6) is -0.348. The third-order valence-corrected chi connectivity index (χ3v) is 2.94. The van der Waals surface area contributed by atoms with E-state index in [2.05, 4.69) is 20.7 Å². The van der Waals surface area contributed by atoms with E-state index in [0.717, 1.165) is 5.56 Å². The summed E-state index contributed by atoms with van der Waals surface area (Å²) in [6.45, 7) is 0.622. The number of esters is 1. The number of halogens is 2. The number of carbonyl (C=O) groups is 1. The first-order valence-corrected chi connectivity index (χ1v) is 5.97. The van der Waals surface area contributed by atoms with Crippen molar-refractivity contribution in [2.45, 2.75) is 11.4 Å². The highest BCUT2D eigenvalue weighted by atomic mass is 79.9. The van der Waals surface area contributed by atoms with Crippen molar-refractivity contribution in [2.75, 3.05) is 13.7 Å². The molecule has 0 aliphatic rings. The molecule has 1 unspecified atom stereocenters. The molecule has 0 aliphatic carbocycles. The number of hydrogen-bond acceptors (Lipinski definition) is 3. The molecule has 0 heterocycles. The van der Waals surface area contributed by atoms with Gasteiger partial charge in [0.25, 0.3) is 0 Å². The number of rotatable bonds is 5. The molecule has 0 aliphatic heterocycles. The van der Waals surface area contributed by atoms with Crippen LogP contribution in [-0.4, -0.2) is 24.5 Å². The van der Waals surface area contributed by atoms with E-state index in [1.165, 1.54) is 7.11 Å². The molecular weight excluding hydrogens is 295 g/mol. The predicted octanol–water partition coefficient (Wildman–Crippen LogP) is 2.79. The second-order valence-electron chi connectivity index (χ2n) is 3.10. The Morgan fingerprint density at radius 1 is 1.50 bits per heavy atom. The molecular formula is C11H12BrClO3. The molecule has 5 heteroatoms. The number of hydrogen-bond donors (Lipinski definition) is 0. The average Bonchev–Trinajstić information content (AvgIpc) is 2.30. The van der Waals surface area contributed by atoms with E-state index >= 15 is 0 Å². The summed E-state index contributed by atoms with van der Waals surface area (Å²) in [4.78, 5) is 10.6. The first-order chi connectivity index (χ1) is 7.65. The first-order valence-electron chi connectivity index (χ1n) is 4.68. The second kappa shape index (κ2) is 6.89. The Balaban J connectivity index is 2.36. The number of methoxy groups -OCH3 is 1. The van der Waals surface area contributed by atoms with Gasteiger partial charge in [0, 0.05) is 5.02 Å². The molecule has 1 rings (SSSR count). The van der Waals surface area contributed by atoms with Crippen LogP contribution in [0.5, 0.6) is 0 Å². The van der Waals surface area contributed by atoms with Crippen molar-refractivity contribution < 1.29 is 14.3 Å². The highest BCUT2D eigenvalue weighted by Gasteiger charge is 2.15. The van der Waals surface area contributed by atoms with Gasteiger partial charge in [-0.1, -0.05) is 45.7 Å². The largest absolute Gasteiger partial charge is 0.468 e. The van der Waals surface area contributed by atoms with Crippen LogP contribution < -0.4 is 0 Å². The number of alkyl halides is 1. The monoisotopic (exact) mass is 306 g/mol. The molecule has 0 amide bonds. The van der Waals surface area contributed by atoms with Crippen molar-refractivity contribution in [1.29, 1.82) is 0 Å². The van der Waals surface area contributed by atoms with Crippen LogP contribution in [0, 0.1) is 0 Å². The molecule has 3 nitrogen and oxygen atoms in total. The van der Waals surface area contributed by atoms with Gasteiger partial charge in [0.05, 0.1) is 20.3 Å². The van der Waals surface area contributed by atoms with Gasteiger partial charge in [0.2, 0.25) is 0 Å². The fourth-order valence-corrected chi connectivity index (χ4v) is 1.65. The zero-order valence-electron chi connectivity index (χ0n) is 8.78. The lowest BCUT2D eigenvalue weighted by molar-refractivity contribution is -0.141. The minimum Gasteiger partial charge on any atom is -0.468 e. The third kappa shape index (κ3) is 4.12. The van der Waals surface area contributed by atoms with Gasteiger partial charge in [-0.15, -0.1) is 0 Å². The Morgan fingerprint density at radius 2 is 2.19 bits per heavy atom. The van der Waals surface area contributed by atoms with Crippen LogP contribution in [-0.2, 0) is 20.9 Å². The van der Waals surface area contributed by atoms with Crippen molar-refractivity contribution >= 4 is 33.5 Å². The van der Waals surface area contributed by atoms with Crippen LogP contribution in [0.3, 0.4) is 0 Å². The van der Waals surface area contributed by atoms with Crippen LogP contribution >= 0.6 is 27.5 Å². The van der Waals surface area contributed by atoms with E-state index in [0.29, 0.717) is 11.6 Å². The first kappa shape index (κ1) is 13.5. The Bertz CT molecular complexity index is 357. The maximum atomic E-state index is 11.0. The average molecular weight is 308 g/mol. The van der Waals surface area contributed by atoms with Crippen molar-refractivity contribution in [3.63, 3.8) is 0 Å². The van der Waals surface area contributed by atoms with Crippen LogP contribution in [0.15, 0.2) is 24.3 Å². The van der Waals surface area contributed by atoms with Crippen LogP contribution in [0.4, 0.5) is 0 Å². The maximum Gasteiger partial charge on any atom is 0.321 e. The summed E-state index contributed by atoms with van der Waals surface area (Å²) in [5, 5.41) is 0.659. The highest BCUT2D eigenvalue weighted by Crippen LogP contribution is 2.16. The standard InChI is InChI=1S/C11H12BrClO3/c1-15-11(14)9(12)7-16-6-8-4-2-3-5-10(8)13/h2-5,9H,6-7H2,1H3. The normalized spacial score (nSPS) is 12.2. The summed E-state index contributed by atoms with van der Waals surface area (Å²) >= 11 is 9.11. The maximum absolute atomic E-state index is 11.0. The summed E-state index contributed by atoms with van der Waals surface area (Å²) in [7, 11) is 1.34. The quantitative estimate of drug-likeness (QED) is 0.620. The van der Waals surface area contributed by atoms with Crippen molar-refractivity contribution in [1.82, 2.24) is 0 Å². The molecule has 1 atom stereocenters. The fourth-order valence-electron chi connectivity index (χ4n) is 1.08. The van der Waals surface area contributed by atoms with Crippen LogP contribution in [0.25, 0.3) is 0 Å². The summed E-state index contributed by atoms with van der Waals surface area (Å²) < 4.78 is 9.90. The molecule has 0 N–H and O–H groups in total. The second-order valence-corrected chi connectivity index (χ2v) is 4.61. The van der Waals surface area contributed by atoms with E-state index in [1.807, 2.05) is 18.2 Å². The predicted molar refractivity (Wildman–Crippen MR) is 65.8 cm³/mol. The molecule has 0 bridgehead atoms. The van der Waals surface area contributed by atoms with Crippen LogP contribution in [0.2, 0.25) is 5.02 Å². The van der Waals surface area contributed by atoms with E-state index in [9.17, 15) is 4.79 Å². The van der Waals surface area contributed by atoms with Crippen LogP contribution in [0.1, 0.15) is 5.56 Å². The highest BCUT2D eigenvalue weighted by molar-refractivity contribution is 9.10. The number of carbonyl (C=O) groups excluding carboxylic acids is 1. The molecule has 88 valence electrons. The fraction of sp³-hybridized carbons (Fsp3) is 0.364. The third-order valence-electron chi connectivity index (χ3n) is 1.94. The smallest absolute Gasteiger partial charge is 0.321 e. The number of benzene rings is 1. The number of ether oxygens (including phenoxy) is 2. The topological polar surface area (TPSA) is 35.5 Å². The Hall–Kier alpha value is -0.580. The van der Waals surface area contributed by atoms with Crippen molar-refractivity contribution in [3.8, 4) is 0 Å². The molecule has 0 saturated heterocycles. The minimum atomic E-state index is -0.444. The lowest BCUT2D eigenvalue weighted by atomic mass is 10.2. The lowest BCUT2D eigenvalue weighted by Crippen LogP contribution is -2.21. The molecule has 0 fully saturated rings. The molecule has 0 radical (unpaired) electrons. The SMILES string of the molecule is COC(=O)C(Br)COCc1ccccc1Cl. The van der Waals surface area contributed by atoms with Gasteiger partial charge in [0.15, 0.2) is 0 Å². The zero-order valence-corrected chi connectivity index (χ0v) is 11.1. The van der Waals surface area contributed by atoms with Gasteiger partial charge >= 0.3 is 5.97 Å². The van der Waals surface area contributed by atoms with Gasteiger partial charge < -0.3 is 9.47 Å².